The van der Waals surface area contributed by atoms with Crippen LogP contribution in [0.4, 0.5) is 0 Å². The van der Waals surface area contributed by atoms with E-state index in [1.165, 1.54) is 0 Å². The van der Waals surface area contributed by atoms with Crippen molar-refractivity contribution in [2.24, 2.45) is 23.7 Å². The predicted molar refractivity (Wildman–Crippen MR) is 211 cm³/mol. The Morgan fingerprint density at radius 3 is 2.13 bits per heavy atom. The minimum Gasteiger partial charge on any atom is -0.379 e. The maximum Gasteiger partial charge on any atom is 0.243 e. The number of carbonyl (C=O) groups excluding carboxylic acids is 4. The van der Waals surface area contributed by atoms with Gasteiger partial charge in [0.25, 0.3) is 0 Å². The van der Waals surface area contributed by atoms with Crippen LogP contribution >= 0.6 is 11.3 Å². The molecule has 0 radical (unpaired) electrons. The zero-order valence-electron chi connectivity index (χ0n) is 33.6. The molecule has 3 unspecified atom stereocenters. The van der Waals surface area contributed by atoms with E-state index in [0.29, 0.717) is 19.4 Å². The van der Waals surface area contributed by atoms with Crippen molar-refractivity contribution in [3.05, 3.63) is 52.5 Å². The molecule has 3 amide bonds. The summed E-state index contributed by atoms with van der Waals surface area (Å²) >= 11 is 1.57. The van der Waals surface area contributed by atoms with Gasteiger partial charge in [-0.15, -0.1) is 11.3 Å². The van der Waals surface area contributed by atoms with Gasteiger partial charge in [0.15, 0.2) is 0 Å². The van der Waals surface area contributed by atoms with Gasteiger partial charge in [0.05, 0.1) is 41.8 Å². The number of hydrogen-bond donors (Lipinski definition) is 3. The number of methoxy groups -OCH3 is 2. The molecule has 1 saturated heterocycles. The normalized spacial score (nSPS) is 19.2. The van der Waals surface area contributed by atoms with Crippen LogP contribution in [0, 0.1) is 23.7 Å². The van der Waals surface area contributed by atoms with Crippen LogP contribution in [0.3, 0.4) is 0 Å². The van der Waals surface area contributed by atoms with E-state index in [2.05, 4.69) is 33.1 Å². The number of ketones is 1. The molecule has 2 aromatic rings. The van der Waals surface area contributed by atoms with Crippen LogP contribution in [0.2, 0.25) is 0 Å². The topological polar surface area (TPSA) is 139 Å². The number of nitrogens with zero attached hydrogens (tertiary/aromatic N) is 2. The third-order valence-corrected chi connectivity index (χ3v) is 11.9. The zero-order valence-corrected chi connectivity index (χ0v) is 34.4. The molecule has 9 atom stereocenters. The Balaban J connectivity index is 1.75. The number of amides is 3. The van der Waals surface area contributed by atoms with Crippen molar-refractivity contribution in [2.75, 3.05) is 27.8 Å². The number of thiazole rings is 1. The van der Waals surface area contributed by atoms with E-state index in [-0.39, 0.29) is 59.6 Å². The summed E-state index contributed by atoms with van der Waals surface area (Å²) in [6, 6.07) is 8.22. The SMILES string of the molecule is CCC(C)C(NC(=O)[C@@H](NC(=O)C(NC)C(C)C)C(C)C)[C@@H](CC(=O)N1CCC[C@H]1[C@H](OC)[C@@H](C)C(=O)C[C@@H](Cc1ccccc1)c1nccs1)OC. The van der Waals surface area contributed by atoms with Crippen molar-refractivity contribution in [3.63, 3.8) is 0 Å². The van der Waals surface area contributed by atoms with E-state index in [4.69, 9.17) is 9.47 Å². The molecule has 1 aromatic carbocycles. The quantitative estimate of drug-likeness (QED) is 0.146. The Morgan fingerprint density at radius 2 is 1.58 bits per heavy atom. The van der Waals surface area contributed by atoms with E-state index < -0.39 is 36.3 Å². The summed E-state index contributed by atoms with van der Waals surface area (Å²) in [5.74, 6) is -1.18. The number of nitrogens with one attached hydrogen (secondary N) is 3. The lowest BCUT2D eigenvalue weighted by molar-refractivity contribution is -0.142. The number of benzene rings is 1. The fourth-order valence-corrected chi connectivity index (χ4v) is 8.37. The molecule has 11 nitrogen and oxygen atoms in total. The average Bonchev–Trinajstić information content (AvgIpc) is 3.85. The fraction of sp³-hybridized carbons (Fsp3) is 0.683. The van der Waals surface area contributed by atoms with Crippen molar-refractivity contribution in [3.8, 4) is 0 Å². The van der Waals surface area contributed by atoms with Crippen molar-refractivity contribution in [2.45, 2.75) is 129 Å². The molecule has 1 aromatic heterocycles. The third kappa shape index (κ3) is 12.2. The molecule has 1 aliphatic heterocycles. The highest BCUT2D eigenvalue weighted by Crippen LogP contribution is 2.32. The molecule has 0 saturated carbocycles. The molecule has 2 heterocycles. The summed E-state index contributed by atoms with van der Waals surface area (Å²) in [5, 5.41) is 12.1. The first-order valence-corrected chi connectivity index (χ1v) is 20.2. The second-order valence-electron chi connectivity index (χ2n) is 15.4. The van der Waals surface area contributed by atoms with Crippen molar-refractivity contribution in [1.29, 1.82) is 0 Å². The summed E-state index contributed by atoms with van der Waals surface area (Å²) in [6.45, 7) is 14.2. The van der Waals surface area contributed by atoms with Gasteiger partial charge in [-0.2, -0.15) is 0 Å². The standard InChI is InChI=1S/C41H65N5O6S/c1-11-27(6)37(45-40(50)36(26(4)5)44-39(49)35(42-8)25(2)3)33(51-9)24-34(48)46-20-15-18-31(46)38(52-10)28(7)32(47)23-30(41-43-19-21-53-41)22-29-16-13-12-14-17-29/h12-14,16-17,19,21,25-28,30-31,33,35-38,42H,11,15,18,20,22-24H2,1-10H3,(H,44,49)(H,45,50)/t27?,28-,30+,31-,33+,35?,36-,37?,38+/m0/s1. The average molecular weight is 756 g/mol. The number of likely N-dealkylation sites (tertiary alicyclic amines) is 1. The Hall–Kier alpha value is -3.19. The minimum absolute atomic E-state index is 0.0126. The Labute approximate surface area is 321 Å². The second-order valence-corrected chi connectivity index (χ2v) is 16.3. The Bertz CT molecular complexity index is 1420. The molecule has 0 aliphatic carbocycles. The lowest BCUT2D eigenvalue weighted by Gasteiger charge is -2.37. The number of rotatable bonds is 22. The van der Waals surface area contributed by atoms with Gasteiger partial charge in [0.1, 0.15) is 11.8 Å². The van der Waals surface area contributed by atoms with Gasteiger partial charge in [-0.25, -0.2) is 4.98 Å². The third-order valence-electron chi connectivity index (χ3n) is 11.0. The predicted octanol–water partition coefficient (Wildman–Crippen LogP) is 5.39. The van der Waals surface area contributed by atoms with Crippen molar-refractivity contribution >= 4 is 34.8 Å². The molecule has 53 heavy (non-hydrogen) atoms. The van der Waals surface area contributed by atoms with Crippen LogP contribution in [0.25, 0.3) is 0 Å². The van der Waals surface area contributed by atoms with E-state index in [1.54, 1.807) is 38.8 Å². The first kappa shape index (κ1) is 44.2. The molecule has 3 N–H and O–H groups in total. The van der Waals surface area contributed by atoms with Crippen LogP contribution in [0.15, 0.2) is 41.9 Å². The van der Waals surface area contributed by atoms with E-state index in [9.17, 15) is 19.2 Å². The lowest BCUT2D eigenvalue weighted by Crippen LogP contribution is -2.59. The van der Waals surface area contributed by atoms with Crippen molar-refractivity contribution < 1.29 is 28.7 Å². The Morgan fingerprint density at radius 1 is 0.925 bits per heavy atom. The molecule has 1 fully saturated rings. The maximum atomic E-state index is 14.2. The van der Waals surface area contributed by atoms with Gasteiger partial charge >= 0.3 is 0 Å². The highest BCUT2D eigenvalue weighted by Gasteiger charge is 2.42. The summed E-state index contributed by atoms with van der Waals surface area (Å²) in [7, 11) is 4.92. The number of hydrogen-bond acceptors (Lipinski definition) is 9. The molecule has 1 aliphatic rings. The van der Waals surface area contributed by atoms with Crippen LogP contribution in [-0.2, 0) is 35.1 Å². The first-order valence-electron chi connectivity index (χ1n) is 19.4. The van der Waals surface area contributed by atoms with Crippen LogP contribution < -0.4 is 16.0 Å². The second kappa shape index (κ2) is 21.6. The summed E-state index contributed by atoms with van der Waals surface area (Å²) in [4.78, 5) is 61.5. The first-order chi connectivity index (χ1) is 25.3. The molecule has 0 bridgehead atoms. The largest absolute Gasteiger partial charge is 0.379 e. The Kier molecular flexibility index (Phi) is 18.0. The maximum absolute atomic E-state index is 14.2. The molecular weight excluding hydrogens is 691 g/mol. The molecule has 0 spiro atoms. The van der Waals surface area contributed by atoms with E-state index in [1.807, 2.05) is 76.9 Å². The number of likely N-dealkylation sites (N-methyl/N-ethyl adjacent to an activating group) is 1. The van der Waals surface area contributed by atoms with Gasteiger partial charge in [0, 0.05) is 50.6 Å². The summed E-state index contributed by atoms with van der Waals surface area (Å²) in [5.41, 5.74) is 1.15. The minimum atomic E-state index is -0.760. The van der Waals surface area contributed by atoms with E-state index in [0.717, 1.165) is 29.8 Å². The molecule has 12 heteroatoms. The highest BCUT2D eigenvalue weighted by atomic mass is 32.1. The van der Waals surface area contributed by atoms with Crippen molar-refractivity contribution in [1.82, 2.24) is 25.8 Å². The van der Waals surface area contributed by atoms with Crippen LogP contribution in [0.1, 0.15) is 97.1 Å². The van der Waals surface area contributed by atoms with Gasteiger partial charge in [-0.1, -0.05) is 85.2 Å². The van der Waals surface area contributed by atoms with Crippen LogP contribution in [-0.4, -0.2) is 97.6 Å². The van der Waals surface area contributed by atoms with Gasteiger partial charge in [-0.05, 0) is 49.6 Å². The number of ether oxygens (including phenoxy) is 2. The van der Waals surface area contributed by atoms with E-state index >= 15 is 0 Å². The molecule has 296 valence electrons. The van der Waals surface area contributed by atoms with Crippen LogP contribution in [0.5, 0.6) is 0 Å². The fourth-order valence-electron chi connectivity index (χ4n) is 7.63. The molecule has 3 rings (SSSR count). The highest BCUT2D eigenvalue weighted by molar-refractivity contribution is 7.09. The molecular formula is C41H65N5O6S. The summed E-state index contributed by atoms with van der Waals surface area (Å²) < 4.78 is 12.0. The monoisotopic (exact) mass is 755 g/mol. The number of Topliss-reactive ketones (excluding diaryl/α,β-unsaturated/α-hetero) is 1. The number of carbonyl (C=O) groups is 4. The lowest BCUT2D eigenvalue weighted by atomic mass is 9.85. The smallest absolute Gasteiger partial charge is 0.243 e. The zero-order chi connectivity index (χ0) is 39.2. The summed E-state index contributed by atoms with van der Waals surface area (Å²) in [6.07, 6.45) is 4.07. The number of aromatic nitrogens is 1. The van der Waals surface area contributed by atoms with Gasteiger partial charge in [0.2, 0.25) is 17.7 Å². The van der Waals surface area contributed by atoms with Gasteiger partial charge < -0.3 is 30.3 Å². The van der Waals surface area contributed by atoms with Gasteiger partial charge in [-0.3, -0.25) is 19.2 Å².